The van der Waals surface area contributed by atoms with Crippen molar-refractivity contribution in [3.8, 4) is 0 Å². The second-order valence-electron chi connectivity index (χ2n) is 7.18. The summed E-state index contributed by atoms with van der Waals surface area (Å²) >= 11 is 0. The van der Waals surface area contributed by atoms with Crippen LogP contribution in [0, 0.1) is 12.7 Å². The first-order chi connectivity index (χ1) is 14.9. The summed E-state index contributed by atoms with van der Waals surface area (Å²) in [6, 6.07) is 16.0. The van der Waals surface area contributed by atoms with Crippen LogP contribution in [0.2, 0.25) is 0 Å². The lowest BCUT2D eigenvalue weighted by atomic mass is 10.1. The first-order valence-electron chi connectivity index (χ1n) is 9.62. The van der Waals surface area contributed by atoms with Gasteiger partial charge >= 0.3 is 5.69 Å². The van der Waals surface area contributed by atoms with Gasteiger partial charge in [-0.05, 0) is 48.9 Å². The number of rotatable bonds is 5. The van der Waals surface area contributed by atoms with E-state index in [4.69, 9.17) is 0 Å². The van der Waals surface area contributed by atoms with Gasteiger partial charge in [-0.3, -0.25) is 18.7 Å². The second kappa shape index (κ2) is 8.35. The number of amides is 1. The Morgan fingerprint density at radius 1 is 1.00 bits per heavy atom. The smallest absolute Gasteiger partial charge is 0.325 e. The van der Waals surface area contributed by atoms with Crippen molar-refractivity contribution in [1.29, 1.82) is 0 Å². The number of anilines is 1. The van der Waals surface area contributed by atoms with E-state index >= 15 is 0 Å². The van der Waals surface area contributed by atoms with Crippen LogP contribution in [0.1, 0.15) is 11.1 Å². The van der Waals surface area contributed by atoms with Gasteiger partial charge in [0.1, 0.15) is 18.0 Å². The molecule has 2 aromatic carbocycles. The van der Waals surface area contributed by atoms with Gasteiger partial charge in [-0.25, -0.2) is 14.2 Å². The predicted octanol–water partition coefficient (Wildman–Crippen LogP) is 2.69. The van der Waals surface area contributed by atoms with Crippen molar-refractivity contribution < 1.29 is 9.18 Å². The molecular formula is C23H19FN4O3. The summed E-state index contributed by atoms with van der Waals surface area (Å²) < 4.78 is 15.4. The average Bonchev–Trinajstić information content (AvgIpc) is 2.77. The van der Waals surface area contributed by atoms with E-state index in [0.29, 0.717) is 5.69 Å². The van der Waals surface area contributed by atoms with Crippen molar-refractivity contribution in [3.63, 3.8) is 0 Å². The third kappa shape index (κ3) is 4.28. The molecule has 0 aliphatic heterocycles. The minimum atomic E-state index is -0.633. The van der Waals surface area contributed by atoms with Crippen LogP contribution in [0.5, 0.6) is 0 Å². The minimum absolute atomic E-state index is 0.0718. The van der Waals surface area contributed by atoms with Gasteiger partial charge in [-0.15, -0.1) is 0 Å². The summed E-state index contributed by atoms with van der Waals surface area (Å²) in [7, 11) is 0. The van der Waals surface area contributed by atoms with Crippen LogP contribution in [0.4, 0.5) is 10.1 Å². The zero-order valence-electron chi connectivity index (χ0n) is 16.7. The van der Waals surface area contributed by atoms with Crippen LogP contribution in [-0.2, 0) is 17.9 Å². The van der Waals surface area contributed by atoms with Gasteiger partial charge in [-0.2, -0.15) is 0 Å². The number of pyridine rings is 1. The lowest BCUT2D eigenvalue weighted by molar-refractivity contribution is -0.116. The van der Waals surface area contributed by atoms with Crippen molar-refractivity contribution >= 4 is 22.6 Å². The maximum Gasteiger partial charge on any atom is 0.333 e. The van der Waals surface area contributed by atoms with Gasteiger partial charge in [0, 0.05) is 11.9 Å². The fourth-order valence-corrected chi connectivity index (χ4v) is 3.28. The molecule has 7 nitrogen and oxygen atoms in total. The predicted molar refractivity (Wildman–Crippen MR) is 116 cm³/mol. The molecule has 0 aliphatic carbocycles. The van der Waals surface area contributed by atoms with Crippen molar-refractivity contribution in [3.05, 3.63) is 105 Å². The molecule has 0 fully saturated rings. The number of aromatic nitrogens is 3. The highest BCUT2D eigenvalue weighted by Gasteiger charge is 2.16. The lowest BCUT2D eigenvalue weighted by Gasteiger charge is -2.13. The van der Waals surface area contributed by atoms with Crippen LogP contribution in [-0.4, -0.2) is 20.0 Å². The van der Waals surface area contributed by atoms with E-state index in [1.165, 1.54) is 35.0 Å². The Hall–Kier alpha value is -4.07. The average molecular weight is 418 g/mol. The van der Waals surface area contributed by atoms with E-state index in [1.807, 2.05) is 31.2 Å². The van der Waals surface area contributed by atoms with Gasteiger partial charge < -0.3 is 5.32 Å². The topological polar surface area (TPSA) is 86.0 Å². The van der Waals surface area contributed by atoms with E-state index in [-0.39, 0.29) is 24.1 Å². The summed E-state index contributed by atoms with van der Waals surface area (Å²) in [6.07, 6.45) is 1.46. The SMILES string of the molecule is Cc1ccc(Cn2c(=O)c3cccnc3n(CC(=O)Nc3ccc(F)cc3)c2=O)cc1. The first kappa shape index (κ1) is 20.2. The Morgan fingerprint density at radius 3 is 2.42 bits per heavy atom. The van der Waals surface area contributed by atoms with Gasteiger partial charge in [0.05, 0.1) is 11.9 Å². The van der Waals surface area contributed by atoms with Crippen LogP contribution < -0.4 is 16.6 Å². The summed E-state index contributed by atoms with van der Waals surface area (Å²) in [6.45, 7) is 1.67. The minimum Gasteiger partial charge on any atom is -0.325 e. The molecule has 0 spiro atoms. The van der Waals surface area contributed by atoms with Crippen LogP contribution >= 0.6 is 0 Å². The van der Waals surface area contributed by atoms with E-state index < -0.39 is 23.0 Å². The highest BCUT2D eigenvalue weighted by molar-refractivity contribution is 5.91. The molecule has 4 aromatic rings. The second-order valence-corrected chi connectivity index (χ2v) is 7.18. The molecule has 0 saturated carbocycles. The Morgan fingerprint density at radius 2 is 1.71 bits per heavy atom. The molecule has 8 heteroatoms. The number of nitrogens with one attached hydrogen (secondary N) is 1. The third-order valence-electron chi connectivity index (χ3n) is 4.87. The van der Waals surface area contributed by atoms with E-state index in [9.17, 15) is 18.8 Å². The molecule has 0 unspecified atom stereocenters. The van der Waals surface area contributed by atoms with Crippen molar-refractivity contribution in [2.45, 2.75) is 20.0 Å². The van der Waals surface area contributed by atoms with Crippen LogP contribution in [0.15, 0.2) is 76.4 Å². The first-order valence-corrected chi connectivity index (χ1v) is 9.62. The fourth-order valence-electron chi connectivity index (χ4n) is 3.28. The molecule has 2 aromatic heterocycles. The summed E-state index contributed by atoms with van der Waals surface area (Å²) in [5, 5.41) is 2.86. The fraction of sp³-hybridized carbons (Fsp3) is 0.130. The van der Waals surface area contributed by atoms with Crippen molar-refractivity contribution in [2.24, 2.45) is 0 Å². The molecule has 0 bridgehead atoms. The number of carbonyl (C=O) groups is 1. The molecule has 0 aliphatic rings. The van der Waals surface area contributed by atoms with Gasteiger partial charge in [0.25, 0.3) is 5.56 Å². The number of aryl methyl sites for hydroxylation is 1. The number of carbonyl (C=O) groups excluding carboxylic acids is 1. The molecule has 31 heavy (non-hydrogen) atoms. The highest BCUT2D eigenvalue weighted by atomic mass is 19.1. The Bertz CT molecular complexity index is 1370. The standard InChI is InChI=1S/C23H19FN4O3/c1-15-4-6-16(7-5-15)13-28-22(30)19-3-2-12-25-21(19)27(23(28)31)14-20(29)26-18-10-8-17(24)9-11-18/h2-12H,13-14H2,1H3,(H,26,29). The molecule has 156 valence electrons. The lowest BCUT2D eigenvalue weighted by Crippen LogP contribution is -2.42. The number of benzene rings is 2. The molecule has 4 rings (SSSR count). The highest BCUT2D eigenvalue weighted by Crippen LogP contribution is 2.10. The molecule has 2 heterocycles. The van der Waals surface area contributed by atoms with Crippen LogP contribution in [0.25, 0.3) is 11.0 Å². The Kier molecular flexibility index (Phi) is 5.44. The Balaban J connectivity index is 1.74. The number of hydrogen-bond donors (Lipinski definition) is 1. The molecule has 1 N–H and O–H groups in total. The van der Waals surface area contributed by atoms with E-state index in [2.05, 4.69) is 10.3 Å². The molecule has 0 radical (unpaired) electrons. The largest absolute Gasteiger partial charge is 0.333 e. The van der Waals surface area contributed by atoms with Crippen molar-refractivity contribution in [1.82, 2.24) is 14.1 Å². The van der Waals surface area contributed by atoms with Gasteiger partial charge in [0.15, 0.2) is 0 Å². The number of fused-ring (bicyclic) bond motifs is 1. The van der Waals surface area contributed by atoms with E-state index in [1.54, 1.807) is 12.1 Å². The molecule has 1 amide bonds. The molecule has 0 saturated heterocycles. The van der Waals surface area contributed by atoms with Crippen LogP contribution in [0.3, 0.4) is 0 Å². The zero-order chi connectivity index (χ0) is 22.0. The van der Waals surface area contributed by atoms with E-state index in [0.717, 1.165) is 15.7 Å². The quantitative estimate of drug-likeness (QED) is 0.540. The summed E-state index contributed by atoms with van der Waals surface area (Å²) in [5.74, 6) is -0.922. The molecule has 0 atom stereocenters. The number of halogens is 1. The number of hydrogen-bond acceptors (Lipinski definition) is 4. The number of nitrogens with zero attached hydrogens (tertiary/aromatic N) is 3. The summed E-state index contributed by atoms with van der Waals surface area (Å²) in [5.41, 5.74) is 1.27. The monoisotopic (exact) mass is 418 g/mol. The van der Waals surface area contributed by atoms with Gasteiger partial charge in [-0.1, -0.05) is 29.8 Å². The Labute approximate surface area is 176 Å². The maximum absolute atomic E-state index is 13.2. The molecular weight excluding hydrogens is 399 g/mol. The zero-order valence-corrected chi connectivity index (χ0v) is 16.7. The maximum atomic E-state index is 13.2. The van der Waals surface area contributed by atoms with Crippen molar-refractivity contribution in [2.75, 3.05) is 5.32 Å². The third-order valence-corrected chi connectivity index (χ3v) is 4.87. The normalized spacial score (nSPS) is 10.9. The van der Waals surface area contributed by atoms with Gasteiger partial charge in [0.2, 0.25) is 5.91 Å². The summed E-state index contributed by atoms with van der Waals surface area (Å²) in [4.78, 5) is 42.8.